The minimum absolute atomic E-state index is 1.12. The molecular weight excluding hydrogens is 216 g/mol. The summed E-state index contributed by atoms with van der Waals surface area (Å²) in [6.45, 7) is 11.0. The van der Waals surface area contributed by atoms with Gasteiger partial charge in [-0.2, -0.15) is 0 Å². The van der Waals surface area contributed by atoms with Crippen molar-refractivity contribution in [3.63, 3.8) is 0 Å². The molecule has 0 bridgehead atoms. The molecule has 0 amide bonds. The number of benzene rings is 1. The fourth-order valence-corrected chi connectivity index (χ4v) is 2.25. The lowest BCUT2D eigenvalue weighted by Crippen LogP contribution is -1.88. The number of hydrogen-bond donors (Lipinski definition) is 0. The fourth-order valence-electron chi connectivity index (χ4n) is 2.25. The molecule has 0 aliphatic heterocycles. The number of rotatable bonds is 5. The summed E-state index contributed by atoms with van der Waals surface area (Å²) >= 11 is 0. The topological polar surface area (TPSA) is 0 Å². The molecule has 0 heteroatoms. The monoisotopic (exact) mass is 242 g/mol. The Balaban J connectivity index is 2.99. The molecule has 0 fully saturated rings. The van der Waals surface area contributed by atoms with Gasteiger partial charge in [0.2, 0.25) is 0 Å². The van der Waals surface area contributed by atoms with Crippen LogP contribution in [0.15, 0.2) is 29.9 Å². The third-order valence-electron chi connectivity index (χ3n) is 3.33. The van der Waals surface area contributed by atoms with Gasteiger partial charge in [0.05, 0.1) is 0 Å². The van der Waals surface area contributed by atoms with Gasteiger partial charge in [0.1, 0.15) is 0 Å². The quantitative estimate of drug-likeness (QED) is 0.576. The molecule has 0 aliphatic carbocycles. The van der Waals surface area contributed by atoms with Gasteiger partial charge in [0, 0.05) is 0 Å². The van der Waals surface area contributed by atoms with E-state index in [9.17, 15) is 0 Å². The smallest absolute Gasteiger partial charge is 0.0222 e. The van der Waals surface area contributed by atoms with E-state index >= 15 is 0 Å². The van der Waals surface area contributed by atoms with Gasteiger partial charge in [0.25, 0.3) is 0 Å². The summed E-state index contributed by atoms with van der Waals surface area (Å²) in [6, 6.07) is 4.52. The highest BCUT2D eigenvalue weighted by Crippen LogP contribution is 2.19. The lowest BCUT2D eigenvalue weighted by molar-refractivity contribution is 0.918. The van der Waals surface area contributed by atoms with Gasteiger partial charge in [-0.3, -0.25) is 0 Å². The predicted octanol–water partition coefficient (Wildman–Crippen LogP) is 5.76. The van der Waals surface area contributed by atoms with E-state index < -0.39 is 0 Å². The van der Waals surface area contributed by atoms with Crippen LogP contribution in [0.4, 0.5) is 0 Å². The van der Waals surface area contributed by atoms with Crippen molar-refractivity contribution in [2.75, 3.05) is 0 Å². The first-order valence-electron chi connectivity index (χ1n) is 7.03. The van der Waals surface area contributed by atoms with Crippen LogP contribution >= 0.6 is 0 Å². The van der Waals surface area contributed by atoms with E-state index in [1.165, 1.54) is 40.7 Å². The van der Waals surface area contributed by atoms with Crippen molar-refractivity contribution in [1.29, 1.82) is 0 Å². The second-order valence-corrected chi connectivity index (χ2v) is 5.07. The van der Waals surface area contributed by atoms with Crippen LogP contribution in [-0.2, 0) is 0 Å². The van der Waals surface area contributed by atoms with Crippen LogP contribution in [-0.4, -0.2) is 0 Å². The molecule has 0 atom stereocenters. The van der Waals surface area contributed by atoms with Gasteiger partial charge in [0.15, 0.2) is 0 Å². The minimum Gasteiger partial charge on any atom is -0.0816 e. The van der Waals surface area contributed by atoms with Crippen LogP contribution in [0.3, 0.4) is 0 Å². The Bertz CT molecular complexity index is 447. The summed E-state index contributed by atoms with van der Waals surface area (Å²) in [5.74, 6) is 0. The summed E-state index contributed by atoms with van der Waals surface area (Å²) in [5, 5.41) is 0. The number of allylic oxidation sites excluding steroid dienone is 3. The van der Waals surface area contributed by atoms with E-state index in [1.54, 1.807) is 0 Å². The van der Waals surface area contributed by atoms with Crippen LogP contribution in [0.25, 0.3) is 6.08 Å². The molecule has 98 valence electrons. The highest BCUT2D eigenvalue weighted by atomic mass is 14.0. The molecule has 0 aliphatic rings. The second kappa shape index (κ2) is 7.20. The van der Waals surface area contributed by atoms with Gasteiger partial charge < -0.3 is 0 Å². The van der Waals surface area contributed by atoms with Crippen LogP contribution in [0.5, 0.6) is 0 Å². The van der Waals surface area contributed by atoms with Gasteiger partial charge in [-0.25, -0.2) is 0 Å². The molecule has 0 saturated carbocycles. The number of aryl methyl sites for hydroxylation is 2. The molecule has 1 rings (SSSR count). The van der Waals surface area contributed by atoms with Crippen molar-refractivity contribution >= 4 is 6.08 Å². The molecule has 1 aromatic rings. The van der Waals surface area contributed by atoms with Crippen molar-refractivity contribution < 1.29 is 0 Å². The average Bonchev–Trinajstić information content (AvgIpc) is 2.32. The molecule has 0 saturated heterocycles. The first-order valence-corrected chi connectivity index (χ1v) is 7.03. The Morgan fingerprint density at radius 3 is 2.44 bits per heavy atom. The number of hydrogen-bond acceptors (Lipinski definition) is 0. The summed E-state index contributed by atoms with van der Waals surface area (Å²) in [7, 11) is 0. The standard InChI is InChI=1S/C18H26/c1-6-8-17(9-7-2)10-11-18-13-14(3)12-15(4)16(18)5/h8,10-13H,6-7,9H2,1-5H3/b11-10?,17-8+. The summed E-state index contributed by atoms with van der Waals surface area (Å²) in [5.41, 5.74) is 6.92. The lowest BCUT2D eigenvalue weighted by Gasteiger charge is -2.07. The highest BCUT2D eigenvalue weighted by molar-refractivity contribution is 5.59. The van der Waals surface area contributed by atoms with Gasteiger partial charge in [-0.05, 0) is 50.3 Å². The second-order valence-electron chi connectivity index (χ2n) is 5.07. The zero-order valence-corrected chi connectivity index (χ0v) is 12.5. The van der Waals surface area contributed by atoms with E-state index in [-0.39, 0.29) is 0 Å². The maximum atomic E-state index is 2.33. The van der Waals surface area contributed by atoms with E-state index in [1.807, 2.05) is 0 Å². The Hall–Kier alpha value is -1.30. The Labute approximate surface area is 112 Å². The van der Waals surface area contributed by atoms with Crippen molar-refractivity contribution in [3.05, 3.63) is 52.1 Å². The van der Waals surface area contributed by atoms with Crippen LogP contribution in [0, 0.1) is 20.8 Å². The van der Waals surface area contributed by atoms with E-state index in [4.69, 9.17) is 0 Å². The molecule has 1 aromatic carbocycles. The maximum absolute atomic E-state index is 2.33. The third kappa shape index (κ3) is 4.18. The summed E-state index contributed by atoms with van der Waals surface area (Å²) < 4.78 is 0. The molecule has 18 heavy (non-hydrogen) atoms. The largest absolute Gasteiger partial charge is 0.0816 e. The SMILES string of the molecule is CC/C=C(/C=Cc1cc(C)cc(C)c1C)CCC. The van der Waals surface area contributed by atoms with Gasteiger partial charge in [-0.15, -0.1) is 0 Å². The van der Waals surface area contributed by atoms with Crippen LogP contribution in [0.1, 0.15) is 55.4 Å². The molecule has 0 radical (unpaired) electrons. The summed E-state index contributed by atoms with van der Waals surface area (Å²) in [6.07, 6.45) is 10.4. The molecule has 0 unspecified atom stereocenters. The van der Waals surface area contributed by atoms with Crippen LogP contribution in [0.2, 0.25) is 0 Å². The molecule has 0 heterocycles. The molecule has 0 nitrogen and oxygen atoms in total. The molecule has 0 N–H and O–H groups in total. The van der Waals surface area contributed by atoms with E-state index in [2.05, 4.69) is 65.0 Å². The van der Waals surface area contributed by atoms with Gasteiger partial charge >= 0.3 is 0 Å². The Kier molecular flexibility index (Phi) is 5.91. The van der Waals surface area contributed by atoms with Crippen molar-refractivity contribution in [2.24, 2.45) is 0 Å². The van der Waals surface area contributed by atoms with Crippen molar-refractivity contribution in [3.8, 4) is 0 Å². The molecular formula is C18H26. The Morgan fingerprint density at radius 2 is 1.83 bits per heavy atom. The minimum atomic E-state index is 1.12. The maximum Gasteiger partial charge on any atom is -0.0222 e. The van der Waals surface area contributed by atoms with Gasteiger partial charge in [-0.1, -0.05) is 61.8 Å². The zero-order chi connectivity index (χ0) is 13.5. The highest BCUT2D eigenvalue weighted by Gasteiger charge is 2.00. The van der Waals surface area contributed by atoms with Crippen molar-refractivity contribution in [2.45, 2.75) is 53.9 Å². The first-order chi connectivity index (χ1) is 8.58. The summed E-state index contributed by atoms with van der Waals surface area (Å²) in [4.78, 5) is 0. The molecule has 0 aromatic heterocycles. The normalized spacial score (nSPS) is 12.4. The van der Waals surface area contributed by atoms with Crippen LogP contribution < -0.4 is 0 Å². The van der Waals surface area contributed by atoms with E-state index in [0.29, 0.717) is 0 Å². The first kappa shape index (κ1) is 14.8. The fraction of sp³-hybridized carbons (Fsp3) is 0.444. The average molecular weight is 242 g/mol. The Morgan fingerprint density at radius 1 is 1.11 bits per heavy atom. The predicted molar refractivity (Wildman–Crippen MR) is 83.0 cm³/mol. The lowest BCUT2D eigenvalue weighted by atomic mass is 9.98. The molecule has 0 spiro atoms. The van der Waals surface area contributed by atoms with Crippen molar-refractivity contribution in [1.82, 2.24) is 0 Å². The third-order valence-corrected chi connectivity index (χ3v) is 3.33. The van der Waals surface area contributed by atoms with E-state index in [0.717, 1.165) is 6.42 Å². The zero-order valence-electron chi connectivity index (χ0n) is 12.5.